The summed E-state index contributed by atoms with van der Waals surface area (Å²) in [6, 6.07) is 8.30. The first-order valence-electron chi connectivity index (χ1n) is 6.11. The second-order valence-corrected chi connectivity index (χ2v) is 4.75. The van der Waals surface area contributed by atoms with E-state index in [9.17, 15) is 0 Å². The number of anilines is 1. The lowest BCUT2D eigenvalue weighted by atomic mass is 10.1. The lowest BCUT2D eigenvalue weighted by molar-refractivity contribution is 0.263. The highest BCUT2D eigenvalue weighted by molar-refractivity contribution is 5.60. The Morgan fingerprint density at radius 1 is 1.53 bits per heavy atom. The van der Waals surface area contributed by atoms with E-state index < -0.39 is 0 Å². The number of benzene rings is 1. The molecule has 0 amide bonds. The van der Waals surface area contributed by atoms with Gasteiger partial charge in [0.1, 0.15) is 6.07 Å². The van der Waals surface area contributed by atoms with Crippen molar-refractivity contribution >= 4 is 5.69 Å². The van der Waals surface area contributed by atoms with Crippen molar-refractivity contribution in [1.82, 2.24) is 0 Å². The molecule has 0 radical (unpaired) electrons. The zero-order chi connectivity index (χ0) is 12.3. The zero-order valence-electron chi connectivity index (χ0n) is 10.2. The average molecular weight is 230 g/mol. The minimum absolute atomic E-state index is 0.261. The molecule has 0 bridgehead atoms. The van der Waals surface area contributed by atoms with E-state index in [1.54, 1.807) is 0 Å². The molecule has 0 aromatic heterocycles. The smallest absolute Gasteiger partial charge is 0.101 e. The van der Waals surface area contributed by atoms with E-state index in [0.717, 1.165) is 42.7 Å². The van der Waals surface area contributed by atoms with Gasteiger partial charge >= 0.3 is 0 Å². The van der Waals surface area contributed by atoms with Crippen LogP contribution < -0.4 is 4.90 Å². The molecule has 1 aromatic carbocycles. The van der Waals surface area contributed by atoms with Crippen molar-refractivity contribution in [1.29, 1.82) is 5.26 Å². The third kappa shape index (κ3) is 2.59. The second-order valence-electron chi connectivity index (χ2n) is 4.75. The monoisotopic (exact) mass is 230 g/mol. The largest absolute Gasteiger partial charge is 0.396 e. The molecule has 0 aliphatic carbocycles. The SMILES string of the molecule is Cc1ccc(N2CCC(CCO)C2)c(C#N)c1. The summed E-state index contributed by atoms with van der Waals surface area (Å²) in [6.45, 7) is 4.21. The maximum Gasteiger partial charge on any atom is 0.101 e. The van der Waals surface area contributed by atoms with Crippen molar-refractivity contribution < 1.29 is 5.11 Å². The topological polar surface area (TPSA) is 47.3 Å². The molecule has 1 aromatic rings. The number of aliphatic hydroxyl groups is 1. The van der Waals surface area contributed by atoms with Crippen LogP contribution in [0.4, 0.5) is 5.69 Å². The van der Waals surface area contributed by atoms with E-state index >= 15 is 0 Å². The number of hydrogen-bond donors (Lipinski definition) is 1. The number of nitrogens with zero attached hydrogens (tertiary/aromatic N) is 2. The molecular formula is C14H18N2O. The molecule has 3 nitrogen and oxygen atoms in total. The van der Waals surface area contributed by atoms with Crippen LogP contribution in [-0.4, -0.2) is 24.8 Å². The van der Waals surface area contributed by atoms with Gasteiger partial charge in [0.2, 0.25) is 0 Å². The zero-order valence-corrected chi connectivity index (χ0v) is 10.2. The first-order chi connectivity index (χ1) is 8.24. The van der Waals surface area contributed by atoms with Crippen molar-refractivity contribution in [3.63, 3.8) is 0 Å². The van der Waals surface area contributed by atoms with Crippen molar-refractivity contribution in [3.05, 3.63) is 29.3 Å². The predicted molar refractivity (Wildman–Crippen MR) is 67.9 cm³/mol. The quantitative estimate of drug-likeness (QED) is 0.864. The maximum atomic E-state index is 9.16. The van der Waals surface area contributed by atoms with E-state index in [-0.39, 0.29) is 6.61 Å². The molecule has 1 heterocycles. The number of rotatable bonds is 3. The van der Waals surface area contributed by atoms with Gasteiger partial charge in [-0.05, 0) is 43.4 Å². The summed E-state index contributed by atoms with van der Waals surface area (Å²) in [5.74, 6) is 0.563. The van der Waals surface area contributed by atoms with Crippen molar-refractivity contribution in [3.8, 4) is 6.07 Å². The molecule has 1 N–H and O–H groups in total. The third-order valence-corrected chi connectivity index (χ3v) is 3.44. The molecule has 0 saturated carbocycles. The Morgan fingerprint density at radius 2 is 2.35 bits per heavy atom. The Hall–Kier alpha value is -1.53. The highest BCUT2D eigenvalue weighted by atomic mass is 16.3. The Balaban J connectivity index is 2.16. The van der Waals surface area contributed by atoms with Gasteiger partial charge < -0.3 is 10.0 Å². The van der Waals surface area contributed by atoms with E-state index in [1.807, 2.05) is 19.1 Å². The van der Waals surface area contributed by atoms with Crippen LogP contribution in [0, 0.1) is 24.2 Å². The highest BCUT2D eigenvalue weighted by Gasteiger charge is 2.23. The summed E-state index contributed by atoms with van der Waals surface area (Å²) in [5, 5.41) is 18.1. The minimum atomic E-state index is 0.261. The lowest BCUT2D eigenvalue weighted by Crippen LogP contribution is -2.20. The molecule has 1 aliphatic heterocycles. The Labute approximate surface area is 102 Å². The van der Waals surface area contributed by atoms with Gasteiger partial charge in [-0.1, -0.05) is 6.07 Å². The van der Waals surface area contributed by atoms with Gasteiger partial charge in [-0.25, -0.2) is 0 Å². The van der Waals surface area contributed by atoms with Gasteiger partial charge in [-0.2, -0.15) is 5.26 Å². The van der Waals surface area contributed by atoms with E-state index in [1.165, 1.54) is 0 Å². The number of hydrogen-bond acceptors (Lipinski definition) is 3. The summed E-state index contributed by atoms with van der Waals surface area (Å²) >= 11 is 0. The van der Waals surface area contributed by atoms with Crippen molar-refractivity contribution in [2.75, 3.05) is 24.6 Å². The van der Waals surface area contributed by atoms with Crippen LogP contribution in [0.2, 0.25) is 0 Å². The predicted octanol–water partition coefficient (Wildman–Crippen LogP) is 2.08. The first-order valence-corrected chi connectivity index (χ1v) is 6.11. The molecule has 17 heavy (non-hydrogen) atoms. The summed E-state index contributed by atoms with van der Waals surface area (Å²) in [6.07, 6.45) is 1.98. The molecule has 90 valence electrons. The molecule has 1 unspecified atom stereocenters. The van der Waals surface area contributed by atoms with E-state index in [2.05, 4.69) is 17.0 Å². The molecule has 0 spiro atoms. The van der Waals surface area contributed by atoms with Gasteiger partial charge in [0.25, 0.3) is 0 Å². The van der Waals surface area contributed by atoms with Gasteiger partial charge in [-0.15, -0.1) is 0 Å². The summed E-state index contributed by atoms with van der Waals surface area (Å²) in [7, 11) is 0. The van der Waals surface area contributed by atoms with Crippen molar-refractivity contribution in [2.24, 2.45) is 5.92 Å². The average Bonchev–Trinajstić information content (AvgIpc) is 2.78. The van der Waals surface area contributed by atoms with Crippen molar-refractivity contribution in [2.45, 2.75) is 19.8 Å². The molecule has 1 aliphatic rings. The van der Waals surface area contributed by atoms with Gasteiger partial charge in [0.15, 0.2) is 0 Å². The normalized spacial score (nSPS) is 19.4. The molecule has 3 heteroatoms. The van der Waals surface area contributed by atoms with Crippen LogP contribution in [0.15, 0.2) is 18.2 Å². The standard InChI is InChI=1S/C14H18N2O/c1-11-2-3-14(13(8-11)9-15)16-6-4-12(10-16)5-7-17/h2-3,8,12,17H,4-7,10H2,1H3. The van der Waals surface area contributed by atoms with Gasteiger partial charge in [0.05, 0.1) is 11.3 Å². The Bertz CT molecular complexity index is 436. The fourth-order valence-corrected chi connectivity index (χ4v) is 2.48. The molecule has 1 atom stereocenters. The fourth-order valence-electron chi connectivity index (χ4n) is 2.48. The number of nitriles is 1. The Kier molecular flexibility index (Phi) is 3.65. The van der Waals surface area contributed by atoms with Gasteiger partial charge in [-0.3, -0.25) is 0 Å². The molecule has 2 rings (SSSR count). The van der Waals surface area contributed by atoms with Crippen LogP contribution >= 0.6 is 0 Å². The summed E-state index contributed by atoms with van der Waals surface area (Å²) in [5.41, 5.74) is 2.92. The van der Waals surface area contributed by atoms with E-state index in [0.29, 0.717) is 5.92 Å². The van der Waals surface area contributed by atoms with Crippen LogP contribution in [0.1, 0.15) is 24.0 Å². The second kappa shape index (κ2) is 5.20. The van der Waals surface area contributed by atoms with E-state index in [4.69, 9.17) is 10.4 Å². The highest BCUT2D eigenvalue weighted by Crippen LogP contribution is 2.28. The van der Waals surface area contributed by atoms with Crippen LogP contribution in [0.3, 0.4) is 0 Å². The third-order valence-electron chi connectivity index (χ3n) is 3.44. The summed E-state index contributed by atoms with van der Waals surface area (Å²) in [4.78, 5) is 2.26. The van der Waals surface area contributed by atoms with Crippen LogP contribution in [-0.2, 0) is 0 Å². The van der Waals surface area contributed by atoms with Crippen LogP contribution in [0.25, 0.3) is 0 Å². The minimum Gasteiger partial charge on any atom is -0.396 e. The molecule has 1 fully saturated rings. The number of aliphatic hydroxyl groups excluding tert-OH is 1. The molecule has 1 saturated heterocycles. The fraction of sp³-hybridized carbons (Fsp3) is 0.500. The lowest BCUT2D eigenvalue weighted by Gasteiger charge is -2.20. The van der Waals surface area contributed by atoms with Crippen LogP contribution in [0.5, 0.6) is 0 Å². The molecular weight excluding hydrogens is 212 g/mol. The maximum absolute atomic E-state index is 9.16. The summed E-state index contributed by atoms with van der Waals surface area (Å²) < 4.78 is 0. The Morgan fingerprint density at radius 3 is 3.06 bits per heavy atom. The first kappa shape index (κ1) is 11.9. The van der Waals surface area contributed by atoms with Gasteiger partial charge in [0, 0.05) is 19.7 Å². The number of aryl methyl sites for hydroxylation is 1.